The van der Waals surface area contributed by atoms with E-state index in [1.165, 1.54) is 0 Å². The third-order valence-corrected chi connectivity index (χ3v) is 5.53. The van der Waals surface area contributed by atoms with E-state index in [1.807, 2.05) is 18.2 Å². The molecule has 0 N–H and O–H groups in total. The Labute approximate surface area is 185 Å². The molecule has 1 fully saturated rings. The standard InChI is InChI=1S/C22H23ClN4O4/c1-26-19(11-18(25-26)16-10-14(29-2)4-5-20(16)30-3)22(28)27-9-7-15(13-27)31-21-6-8-24-12-17(21)23/h4-6,8,10-12,15H,7,9,13H2,1-3H3/t15-/m1/s1. The molecular weight excluding hydrogens is 420 g/mol. The normalized spacial score (nSPS) is 15.7. The van der Waals surface area contributed by atoms with E-state index in [4.69, 9.17) is 25.8 Å². The zero-order valence-electron chi connectivity index (χ0n) is 17.5. The number of methoxy groups -OCH3 is 2. The summed E-state index contributed by atoms with van der Waals surface area (Å²) in [7, 11) is 4.95. The van der Waals surface area contributed by atoms with Crippen molar-refractivity contribution in [3.8, 4) is 28.5 Å². The van der Waals surface area contributed by atoms with Gasteiger partial charge in [0, 0.05) is 44.0 Å². The molecule has 1 aliphatic rings. The number of halogens is 1. The highest BCUT2D eigenvalue weighted by Crippen LogP contribution is 2.33. The predicted octanol–water partition coefficient (Wildman–Crippen LogP) is 3.45. The SMILES string of the molecule is COc1ccc(OC)c(-c2cc(C(=O)N3CC[C@@H](Oc4ccncc4Cl)C3)n(C)n2)c1. The number of benzene rings is 1. The van der Waals surface area contributed by atoms with Gasteiger partial charge in [-0.05, 0) is 24.3 Å². The fraction of sp³-hybridized carbons (Fsp3) is 0.318. The van der Waals surface area contributed by atoms with Gasteiger partial charge in [-0.25, -0.2) is 0 Å². The molecule has 0 spiro atoms. The zero-order chi connectivity index (χ0) is 22.0. The van der Waals surface area contributed by atoms with Crippen LogP contribution in [0.15, 0.2) is 42.7 Å². The van der Waals surface area contributed by atoms with Gasteiger partial charge in [0.05, 0.1) is 26.5 Å². The molecule has 162 valence electrons. The Balaban J connectivity index is 1.52. The number of aromatic nitrogens is 3. The maximum Gasteiger partial charge on any atom is 0.272 e. The van der Waals surface area contributed by atoms with Gasteiger partial charge in [-0.3, -0.25) is 14.5 Å². The number of likely N-dealkylation sites (tertiary alicyclic amines) is 1. The molecule has 0 radical (unpaired) electrons. The van der Waals surface area contributed by atoms with Gasteiger partial charge in [0.25, 0.3) is 5.91 Å². The van der Waals surface area contributed by atoms with Crippen LogP contribution in [0.25, 0.3) is 11.3 Å². The van der Waals surface area contributed by atoms with Gasteiger partial charge in [-0.15, -0.1) is 0 Å². The molecule has 3 aromatic rings. The van der Waals surface area contributed by atoms with Crippen LogP contribution in [0.5, 0.6) is 17.2 Å². The van der Waals surface area contributed by atoms with Gasteiger partial charge >= 0.3 is 0 Å². The number of pyridine rings is 1. The molecule has 1 saturated heterocycles. The van der Waals surface area contributed by atoms with E-state index in [0.29, 0.717) is 46.7 Å². The number of hydrogen-bond acceptors (Lipinski definition) is 6. The smallest absolute Gasteiger partial charge is 0.272 e. The van der Waals surface area contributed by atoms with Crippen LogP contribution in [-0.2, 0) is 7.05 Å². The average molecular weight is 443 g/mol. The van der Waals surface area contributed by atoms with Crippen LogP contribution in [0.4, 0.5) is 0 Å². The molecule has 4 rings (SSSR count). The van der Waals surface area contributed by atoms with Crippen molar-refractivity contribution < 1.29 is 19.0 Å². The molecule has 2 aromatic heterocycles. The molecule has 0 unspecified atom stereocenters. The third kappa shape index (κ3) is 4.29. The highest BCUT2D eigenvalue weighted by atomic mass is 35.5. The lowest BCUT2D eigenvalue weighted by Gasteiger charge is -2.17. The molecule has 0 saturated carbocycles. The monoisotopic (exact) mass is 442 g/mol. The highest BCUT2D eigenvalue weighted by Gasteiger charge is 2.30. The Hall–Kier alpha value is -3.26. The summed E-state index contributed by atoms with van der Waals surface area (Å²) in [5, 5.41) is 4.99. The fourth-order valence-corrected chi connectivity index (χ4v) is 3.79. The lowest BCUT2D eigenvalue weighted by molar-refractivity contribution is 0.0761. The van der Waals surface area contributed by atoms with Gasteiger partial charge in [0.1, 0.15) is 34.1 Å². The molecule has 0 aliphatic carbocycles. The second kappa shape index (κ2) is 8.85. The number of ether oxygens (including phenoxy) is 3. The van der Waals surface area contributed by atoms with Crippen molar-refractivity contribution in [3.05, 3.63) is 53.4 Å². The van der Waals surface area contributed by atoms with Crippen LogP contribution in [0, 0.1) is 0 Å². The highest BCUT2D eigenvalue weighted by molar-refractivity contribution is 6.31. The van der Waals surface area contributed by atoms with E-state index < -0.39 is 0 Å². The van der Waals surface area contributed by atoms with Crippen LogP contribution >= 0.6 is 11.6 Å². The van der Waals surface area contributed by atoms with Crippen LogP contribution in [0.3, 0.4) is 0 Å². The van der Waals surface area contributed by atoms with Crippen molar-refractivity contribution in [1.29, 1.82) is 0 Å². The fourth-order valence-electron chi connectivity index (χ4n) is 3.62. The molecule has 1 aromatic carbocycles. The zero-order valence-corrected chi connectivity index (χ0v) is 18.3. The summed E-state index contributed by atoms with van der Waals surface area (Å²) in [6, 6.07) is 8.97. The second-order valence-electron chi connectivity index (χ2n) is 7.19. The summed E-state index contributed by atoms with van der Waals surface area (Å²) >= 11 is 6.13. The Morgan fingerprint density at radius 3 is 2.74 bits per heavy atom. The minimum Gasteiger partial charge on any atom is -0.497 e. The molecular formula is C22H23ClN4O4. The van der Waals surface area contributed by atoms with E-state index in [0.717, 1.165) is 12.0 Å². The molecule has 31 heavy (non-hydrogen) atoms. The Morgan fingerprint density at radius 2 is 2.00 bits per heavy atom. The summed E-state index contributed by atoms with van der Waals surface area (Å²) in [6.07, 6.45) is 3.76. The largest absolute Gasteiger partial charge is 0.497 e. The number of hydrogen-bond donors (Lipinski definition) is 0. The lowest BCUT2D eigenvalue weighted by atomic mass is 10.1. The maximum absolute atomic E-state index is 13.2. The number of nitrogens with zero attached hydrogens (tertiary/aromatic N) is 4. The van der Waals surface area contributed by atoms with E-state index in [-0.39, 0.29) is 12.0 Å². The number of rotatable bonds is 6. The first-order valence-corrected chi connectivity index (χ1v) is 10.2. The van der Waals surface area contributed by atoms with Gasteiger partial charge in [-0.2, -0.15) is 5.10 Å². The van der Waals surface area contributed by atoms with E-state index >= 15 is 0 Å². The van der Waals surface area contributed by atoms with Crippen molar-refractivity contribution in [2.75, 3.05) is 27.3 Å². The van der Waals surface area contributed by atoms with Crippen molar-refractivity contribution >= 4 is 17.5 Å². The van der Waals surface area contributed by atoms with Crippen LogP contribution in [0.2, 0.25) is 5.02 Å². The van der Waals surface area contributed by atoms with Crippen LogP contribution < -0.4 is 14.2 Å². The average Bonchev–Trinajstić information content (AvgIpc) is 3.41. The predicted molar refractivity (Wildman–Crippen MR) is 116 cm³/mol. The van der Waals surface area contributed by atoms with E-state index in [9.17, 15) is 4.79 Å². The molecule has 1 amide bonds. The summed E-state index contributed by atoms with van der Waals surface area (Å²) in [5.74, 6) is 1.81. The summed E-state index contributed by atoms with van der Waals surface area (Å²) < 4.78 is 18.3. The first-order valence-electron chi connectivity index (χ1n) is 9.82. The first kappa shape index (κ1) is 21.0. The van der Waals surface area contributed by atoms with E-state index in [1.54, 1.807) is 55.4 Å². The van der Waals surface area contributed by atoms with E-state index in [2.05, 4.69) is 10.1 Å². The van der Waals surface area contributed by atoms with Crippen molar-refractivity contribution in [1.82, 2.24) is 19.7 Å². The lowest BCUT2D eigenvalue weighted by Crippen LogP contribution is -2.32. The molecule has 1 atom stereocenters. The Kier molecular flexibility index (Phi) is 5.99. The molecule has 3 heterocycles. The molecule has 9 heteroatoms. The second-order valence-corrected chi connectivity index (χ2v) is 7.60. The first-order chi connectivity index (χ1) is 15.0. The number of carbonyl (C=O) groups is 1. The Morgan fingerprint density at radius 1 is 1.16 bits per heavy atom. The number of carbonyl (C=O) groups excluding carboxylic acids is 1. The molecule has 0 bridgehead atoms. The minimum absolute atomic E-state index is 0.102. The van der Waals surface area contributed by atoms with Crippen LogP contribution in [-0.4, -0.2) is 59.0 Å². The molecule has 8 nitrogen and oxygen atoms in total. The van der Waals surface area contributed by atoms with Crippen molar-refractivity contribution in [3.63, 3.8) is 0 Å². The van der Waals surface area contributed by atoms with Crippen molar-refractivity contribution in [2.24, 2.45) is 7.05 Å². The van der Waals surface area contributed by atoms with Gasteiger partial charge in [0.15, 0.2) is 0 Å². The summed E-state index contributed by atoms with van der Waals surface area (Å²) in [4.78, 5) is 18.9. The number of amides is 1. The van der Waals surface area contributed by atoms with Crippen molar-refractivity contribution in [2.45, 2.75) is 12.5 Å². The third-order valence-electron chi connectivity index (χ3n) is 5.24. The molecule has 1 aliphatic heterocycles. The van der Waals surface area contributed by atoms with Gasteiger partial charge in [-0.1, -0.05) is 11.6 Å². The van der Waals surface area contributed by atoms with Gasteiger partial charge < -0.3 is 19.1 Å². The quantitative estimate of drug-likeness (QED) is 0.581. The minimum atomic E-state index is -0.130. The Bertz CT molecular complexity index is 1100. The topological polar surface area (TPSA) is 78.7 Å². The maximum atomic E-state index is 13.2. The van der Waals surface area contributed by atoms with Crippen LogP contribution in [0.1, 0.15) is 16.9 Å². The number of aryl methyl sites for hydroxylation is 1. The van der Waals surface area contributed by atoms with Gasteiger partial charge in [0.2, 0.25) is 0 Å². The summed E-state index contributed by atoms with van der Waals surface area (Å²) in [5.41, 5.74) is 1.88. The summed E-state index contributed by atoms with van der Waals surface area (Å²) in [6.45, 7) is 1.07.